The highest BCUT2D eigenvalue weighted by atomic mass is 16.5. The average Bonchev–Trinajstić information content (AvgIpc) is 3.13. The van der Waals surface area contributed by atoms with Gasteiger partial charge in [-0.25, -0.2) is 0 Å². The molecule has 146 valence electrons. The standard InChI is InChI=1S/C20H28N4O3/c25-18(21-12-6-14-27-15-7-2-1-3-8-15)11-13-22-20(26)19-16-9-4-5-10-17(16)23-24-19/h4-5,9-10,15H,1-3,6-8,11-14H2,(H,21,25)(H,22,26)(H,23,24). The number of para-hydroxylation sites is 1. The molecule has 1 aliphatic rings. The van der Waals surface area contributed by atoms with Crippen molar-refractivity contribution in [3.05, 3.63) is 30.0 Å². The van der Waals surface area contributed by atoms with Crippen LogP contribution in [0.1, 0.15) is 55.4 Å². The van der Waals surface area contributed by atoms with E-state index in [4.69, 9.17) is 4.74 Å². The minimum absolute atomic E-state index is 0.0696. The molecule has 2 amide bonds. The molecule has 1 fully saturated rings. The Balaban J connectivity index is 1.27. The summed E-state index contributed by atoms with van der Waals surface area (Å²) in [4.78, 5) is 24.1. The molecule has 0 atom stereocenters. The van der Waals surface area contributed by atoms with E-state index in [0.717, 1.165) is 30.2 Å². The van der Waals surface area contributed by atoms with Crippen molar-refractivity contribution in [3.8, 4) is 0 Å². The van der Waals surface area contributed by atoms with Crippen molar-refractivity contribution in [3.63, 3.8) is 0 Å². The lowest BCUT2D eigenvalue weighted by atomic mass is 9.98. The fourth-order valence-electron chi connectivity index (χ4n) is 3.38. The summed E-state index contributed by atoms with van der Waals surface area (Å²) in [5, 5.41) is 13.3. The maximum Gasteiger partial charge on any atom is 0.272 e. The highest BCUT2D eigenvalue weighted by molar-refractivity contribution is 6.04. The molecule has 7 nitrogen and oxygen atoms in total. The third-order valence-electron chi connectivity index (χ3n) is 4.87. The first-order valence-electron chi connectivity index (χ1n) is 9.83. The summed E-state index contributed by atoms with van der Waals surface area (Å²) in [5.41, 5.74) is 1.17. The highest BCUT2D eigenvalue weighted by Gasteiger charge is 2.14. The van der Waals surface area contributed by atoms with Gasteiger partial charge in [0.25, 0.3) is 5.91 Å². The van der Waals surface area contributed by atoms with Crippen LogP contribution in [0.4, 0.5) is 0 Å². The SMILES string of the molecule is O=C(CCNC(=O)c1n[nH]c2ccccc12)NCCCOC1CCCCC1. The van der Waals surface area contributed by atoms with Gasteiger partial charge in [-0.3, -0.25) is 14.7 Å². The molecule has 1 heterocycles. The fourth-order valence-corrected chi connectivity index (χ4v) is 3.38. The molecular weight excluding hydrogens is 344 g/mol. The number of nitrogens with zero attached hydrogens (tertiary/aromatic N) is 1. The van der Waals surface area contributed by atoms with Crippen molar-refractivity contribution >= 4 is 22.7 Å². The molecule has 0 saturated heterocycles. The first kappa shape index (κ1) is 19.4. The Labute approximate surface area is 159 Å². The van der Waals surface area contributed by atoms with Gasteiger partial charge in [0, 0.05) is 31.5 Å². The molecule has 0 spiro atoms. The predicted octanol–water partition coefficient (Wildman–Crippen LogP) is 2.54. The van der Waals surface area contributed by atoms with Crippen molar-refractivity contribution in [2.75, 3.05) is 19.7 Å². The Hall–Kier alpha value is -2.41. The first-order valence-corrected chi connectivity index (χ1v) is 9.83. The summed E-state index contributed by atoms with van der Waals surface area (Å²) in [6.45, 7) is 1.57. The van der Waals surface area contributed by atoms with Crippen LogP contribution in [-0.2, 0) is 9.53 Å². The van der Waals surface area contributed by atoms with Crippen LogP contribution < -0.4 is 10.6 Å². The third kappa shape index (κ3) is 5.79. The average molecular weight is 372 g/mol. The van der Waals surface area contributed by atoms with Crippen LogP contribution in [0.25, 0.3) is 10.9 Å². The topological polar surface area (TPSA) is 96.1 Å². The number of benzene rings is 1. The second kappa shape index (κ2) is 10.1. The molecule has 3 rings (SSSR count). The summed E-state index contributed by atoms with van der Waals surface area (Å²) in [5.74, 6) is -0.346. The maximum atomic E-state index is 12.2. The van der Waals surface area contributed by atoms with Crippen LogP contribution in [0.2, 0.25) is 0 Å². The summed E-state index contributed by atoms with van der Waals surface area (Å²) < 4.78 is 5.84. The zero-order valence-corrected chi connectivity index (χ0v) is 15.6. The summed E-state index contributed by atoms with van der Waals surface area (Å²) >= 11 is 0. The zero-order chi connectivity index (χ0) is 18.9. The second-order valence-electron chi connectivity index (χ2n) is 6.96. The van der Waals surface area contributed by atoms with E-state index in [0.29, 0.717) is 24.9 Å². The number of nitrogens with one attached hydrogen (secondary N) is 3. The summed E-state index contributed by atoms with van der Waals surface area (Å²) in [7, 11) is 0. The van der Waals surface area contributed by atoms with Gasteiger partial charge in [0.1, 0.15) is 0 Å². The van der Waals surface area contributed by atoms with Crippen molar-refractivity contribution in [2.45, 2.75) is 51.0 Å². The Bertz CT molecular complexity index is 753. The number of hydrogen-bond acceptors (Lipinski definition) is 4. The molecular formula is C20H28N4O3. The largest absolute Gasteiger partial charge is 0.378 e. The Morgan fingerprint density at radius 3 is 2.78 bits per heavy atom. The number of rotatable bonds is 9. The van der Waals surface area contributed by atoms with E-state index >= 15 is 0 Å². The van der Waals surface area contributed by atoms with Gasteiger partial charge in [0.15, 0.2) is 5.69 Å². The molecule has 7 heteroatoms. The number of aromatic amines is 1. The second-order valence-corrected chi connectivity index (χ2v) is 6.96. The van der Waals surface area contributed by atoms with Gasteiger partial charge in [0.2, 0.25) is 5.91 Å². The van der Waals surface area contributed by atoms with Crippen LogP contribution >= 0.6 is 0 Å². The van der Waals surface area contributed by atoms with Gasteiger partial charge in [-0.2, -0.15) is 5.10 Å². The van der Waals surface area contributed by atoms with Gasteiger partial charge in [-0.1, -0.05) is 37.5 Å². The van der Waals surface area contributed by atoms with Crippen molar-refractivity contribution in [2.24, 2.45) is 0 Å². The molecule has 0 aliphatic heterocycles. The van der Waals surface area contributed by atoms with E-state index in [1.807, 2.05) is 24.3 Å². The smallest absolute Gasteiger partial charge is 0.272 e. The molecule has 1 saturated carbocycles. The van der Waals surface area contributed by atoms with E-state index in [2.05, 4.69) is 20.8 Å². The summed E-state index contributed by atoms with van der Waals surface area (Å²) in [6, 6.07) is 7.45. The predicted molar refractivity (Wildman–Crippen MR) is 103 cm³/mol. The van der Waals surface area contributed by atoms with Crippen molar-refractivity contribution in [1.29, 1.82) is 0 Å². The van der Waals surface area contributed by atoms with E-state index < -0.39 is 0 Å². The van der Waals surface area contributed by atoms with E-state index in [1.54, 1.807) is 0 Å². The number of amides is 2. The normalized spacial score (nSPS) is 15.0. The number of fused-ring (bicyclic) bond motifs is 1. The molecule has 27 heavy (non-hydrogen) atoms. The van der Waals surface area contributed by atoms with Gasteiger partial charge in [-0.05, 0) is 25.3 Å². The maximum absolute atomic E-state index is 12.2. The van der Waals surface area contributed by atoms with Crippen LogP contribution in [0, 0.1) is 0 Å². The number of aromatic nitrogens is 2. The molecule has 1 aliphatic carbocycles. The lowest BCUT2D eigenvalue weighted by Gasteiger charge is -2.21. The van der Waals surface area contributed by atoms with Gasteiger partial charge in [-0.15, -0.1) is 0 Å². The summed E-state index contributed by atoms with van der Waals surface area (Å²) in [6.07, 6.45) is 7.65. The Morgan fingerprint density at radius 2 is 1.93 bits per heavy atom. The minimum Gasteiger partial charge on any atom is -0.378 e. The molecule has 0 unspecified atom stereocenters. The van der Waals surface area contributed by atoms with Gasteiger partial charge < -0.3 is 15.4 Å². The number of carbonyl (C=O) groups is 2. The van der Waals surface area contributed by atoms with Crippen molar-refractivity contribution < 1.29 is 14.3 Å². The van der Waals surface area contributed by atoms with Gasteiger partial charge in [0.05, 0.1) is 11.6 Å². The Kier molecular flexibility index (Phi) is 7.21. The van der Waals surface area contributed by atoms with Crippen LogP contribution in [0.5, 0.6) is 0 Å². The molecule has 0 radical (unpaired) electrons. The van der Waals surface area contributed by atoms with Crippen molar-refractivity contribution in [1.82, 2.24) is 20.8 Å². The van der Waals surface area contributed by atoms with Gasteiger partial charge >= 0.3 is 0 Å². The Morgan fingerprint density at radius 1 is 1.11 bits per heavy atom. The number of H-pyrrole nitrogens is 1. The quantitative estimate of drug-likeness (QED) is 0.589. The van der Waals surface area contributed by atoms with E-state index in [-0.39, 0.29) is 24.8 Å². The lowest BCUT2D eigenvalue weighted by Crippen LogP contribution is -2.31. The number of hydrogen-bond donors (Lipinski definition) is 3. The van der Waals surface area contributed by atoms with E-state index in [9.17, 15) is 9.59 Å². The molecule has 0 bridgehead atoms. The third-order valence-corrected chi connectivity index (χ3v) is 4.87. The fraction of sp³-hybridized carbons (Fsp3) is 0.550. The highest BCUT2D eigenvalue weighted by Crippen LogP contribution is 2.20. The van der Waals surface area contributed by atoms with Crippen LogP contribution in [0.3, 0.4) is 0 Å². The number of ether oxygens (including phenoxy) is 1. The molecule has 2 aromatic rings. The van der Waals surface area contributed by atoms with Crippen LogP contribution in [0.15, 0.2) is 24.3 Å². The minimum atomic E-state index is -0.277. The van der Waals surface area contributed by atoms with Crippen LogP contribution in [-0.4, -0.2) is 47.8 Å². The number of carbonyl (C=O) groups excluding carboxylic acids is 2. The molecule has 1 aromatic carbocycles. The monoisotopic (exact) mass is 372 g/mol. The zero-order valence-electron chi connectivity index (χ0n) is 15.6. The lowest BCUT2D eigenvalue weighted by molar-refractivity contribution is -0.121. The molecule has 1 aromatic heterocycles. The molecule has 3 N–H and O–H groups in total. The van der Waals surface area contributed by atoms with E-state index in [1.165, 1.54) is 19.3 Å². The first-order chi connectivity index (χ1) is 13.2.